The van der Waals surface area contributed by atoms with Crippen LogP contribution in [0.2, 0.25) is 0 Å². The molecule has 0 aliphatic carbocycles. The van der Waals surface area contributed by atoms with E-state index in [9.17, 15) is 17.4 Å². The summed E-state index contributed by atoms with van der Waals surface area (Å²) < 4.78 is 47.1. The molecule has 0 saturated heterocycles. The van der Waals surface area contributed by atoms with Crippen LogP contribution in [-0.4, -0.2) is 28.9 Å². The summed E-state index contributed by atoms with van der Waals surface area (Å²) in [5.74, 6) is 0. The van der Waals surface area contributed by atoms with Crippen LogP contribution < -0.4 is 4.72 Å². The number of hydrogen-bond donors (Lipinski definition) is 1. The molecule has 0 bridgehead atoms. The van der Waals surface area contributed by atoms with Crippen molar-refractivity contribution in [2.45, 2.75) is 6.30 Å². The summed E-state index contributed by atoms with van der Waals surface area (Å²) in [5.41, 5.74) is 0. The van der Waals surface area contributed by atoms with Gasteiger partial charge in [-0.05, 0) is 0 Å². The minimum absolute atomic E-state index is 0.801. The smallest absolute Gasteiger partial charge is 0.224 e. The maximum Gasteiger partial charge on any atom is 0.469 e. The molecule has 0 aromatic carbocycles. The minimum Gasteiger partial charge on any atom is -0.224 e. The summed E-state index contributed by atoms with van der Waals surface area (Å²) in [6.07, 6.45) is -4.71. The SMILES string of the molecule is CN(C)S(=O)(=S)NC(F)(F)F. The van der Waals surface area contributed by atoms with Crippen LogP contribution in [0.15, 0.2) is 0 Å². The largest absolute Gasteiger partial charge is 0.469 e. The Kier molecular flexibility index (Phi) is 3.24. The Balaban J connectivity index is 4.40. The molecule has 0 aromatic rings. The van der Waals surface area contributed by atoms with Gasteiger partial charge in [-0.15, -0.1) is 4.72 Å². The first kappa shape index (κ1) is 11.1. The van der Waals surface area contributed by atoms with Crippen molar-refractivity contribution in [1.29, 1.82) is 0 Å². The van der Waals surface area contributed by atoms with Crippen molar-refractivity contribution in [3.63, 3.8) is 0 Å². The van der Waals surface area contributed by atoms with Gasteiger partial charge in [-0.3, -0.25) is 0 Å². The first-order chi connectivity index (χ1) is 4.65. The lowest BCUT2D eigenvalue weighted by atomic mass is 11.3. The van der Waals surface area contributed by atoms with E-state index in [1.165, 1.54) is 14.1 Å². The van der Waals surface area contributed by atoms with Gasteiger partial charge in [0.1, 0.15) is 0 Å². The standard InChI is InChI=1S/C3H7F3N2OS2/c1-8(2)11(9,10)7-3(4,5)6/h7H,1-2H3. The molecule has 0 aromatic heterocycles. The van der Waals surface area contributed by atoms with E-state index in [1.54, 1.807) is 0 Å². The molecule has 1 unspecified atom stereocenters. The van der Waals surface area contributed by atoms with Gasteiger partial charge < -0.3 is 0 Å². The van der Waals surface area contributed by atoms with Gasteiger partial charge in [-0.2, -0.15) is 13.2 Å². The first-order valence-electron chi connectivity index (χ1n) is 2.43. The topological polar surface area (TPSA) is 32.3 Å². The molecule has 0 spiro atoms. The Labute approximate surface area is 67.5 Å². The van der Waals surface area contributed by atoms with Crippen LogP contribution >= 0.6 is 0 Å². The van der Waals surface area contributed by atoms with E-state index >= 15 is 0 Å². The fourth-order valence-corrected chi connectivity index (χ4v) is 0.996. The maximum absolute atomic E-state index is 11.5. The van der Waals surface area contributed by atoms with E-state index < -0.39 is 15.2 Å². The van der Waals surface area contributed by atoms with Crippen LogP contribution in [0.1, 0.15) is 0 Å². The normalized spacial score (nSPS) is 18.4. The van der Waals surface area contributed by atoms with E-state index in [-0.39, 0.29) is 0 Å². The van der Waals surface area contributed by atoms with Gasteiger partial charge in [-0.1, -0.05) is 0 Å². The summed E-state index contributed by atoms with van der Waals surface area (Å²) in [7, 11) is -1.16. The molecule has 0 saturated carbocycles. The van der Waals surface area contributed by atoms with Crippen molar-refractivity contribution in [3.05, 3.63) is 0 Å². The van der Waals surface area contributed by atoms with Crippen molar-refractivity contribution in [3.8, 4) is 0 Å². The molecule has 1 atom stereocenters. The highest BCUT2D eigenvalue weighted by Crippen LogP contribution is 2.12. The predicted octanol–water partition coefficient (Wildman–Crippen LogP) is 0.234. The zero-order chi connectivity index (χ0) is 9.28. The summed E-state index contributed by atoms with van der Waals surface area (Å²) in [4.78, 5) is 0. The lowest BCUT2D eigenvalue weighted by Gasteiger charge is -2.16. The zero-order valence-electron chi connectivity index (χ0n) is 5.81. The lowest BCUT2D eigenvalue weighted by Crippen LogP contribution is -2.43. The van der Waals surface area contributed by atoms with Gasteiger partial charge in [0.25, 0.3) is 0 Å². The van der Waals surface area contributed by atoms with Gasteiger partial charge in [0, 0.05) is 25.3 Å². The van der Waals surface area contributed by atoms with Crippen molar-refractivity contribution in [2.75, 3.05) is 14.1 Å². The molecular formula is C3H7F3N2OS2. The van der Waals surface area contributed by atoms with Gasteiger partial charge in [-0.25, -0.2) is 8.51 Å². The average molecular weight is 208 g/mol. The lowest BCUT2D eigenvalue weighted by molar-refractivity contribution is -0.137. The second-order valence-electron chi connectivity index (χ2n) is 1.89. The van der Waals surface area contributed by atoms with Gasteiger partial charge in [0.05, 0.1) is 0 Å². The van der Waals surface area contributed by atoms with Crippen molar-refractivity contribution < 1.29 is 17.4 Å². The Hall–Kier alpha value is 0.0800. The van der Waals surface area contributed by atoms with Gasteiger partial charge in [0.2, 0.25) is 0 Å². The summed E-state index contributed by atoms with van der Waals surface area (Å²) in [6.45, 7) is 0. The number of nitrogens with one attached hydrogen (secondary N) is 1. The quantitative estimate of drug-likeness (QED) is 0.659. The molecule has 0 amide bonds. The molecule has 0 fully saturated rings. The number of nitrogens with zero attached hydrogens (tertiary/aromatic N) is 1. The van der Waals surface area contributed by atoms with Crippen LogP contribution in [0.3, 0.4) is 0 Å². The Morgan fingerprint density at radius 1 is 1.45 bits per heavy atom. The fourth-order valence-electron chi connectivity index (χ4n) is 0.238. The van der Waals surface area contributed by atoms with E-state index in [0.717, 1.165) is 9.03 Å². The Morgan fingerprint density at radius 2 is 1.82 bits per heavy atom. The highest BCUT2D eigenvalue weighted by molar-refractivity contribution is 8.30. The van der Waals surface area contributed by atoms with Gasteiger partial charge >= 0.3 is 6.30 Å². The number of hydrogen-bond acceptors (Lipinski definition) is 2. The van der Waals surface area contributed by atoms with Crippen LogP contribution in [0.25, 0.3) is 0 Å². The predicted molar refractivity (Wildman–Crippen MR) is 38.4 cm³/mol. The van der Waals surface area contributed by atoms with E-state index in [1.807, 2.05) is 0 Å². The van der Waals surface area contributed by atoms with E-state index in [2.05, 4.69) is 11.2 Å². The molecule has 0 rings (SSSR count). The molecular weight excluding hydrogens is 201 g/mol. The Morgan fingerprint density at radius 3 is 1.91 bits per heavy atom. The van der Waals surface area contributed by atoms with Crippen LogP contribution in [0.5, 0.6) is 0 Å². The van der Waals surface area contributed by atoms with Crippen LogP contribution in [-0.2, 0) is 20.1 Å². The van der Waals surface area contributed by atoms with E-state index in [4.69, 9.17) is 0 Å². The van der Waals surface area contributed by atoms with Crippen LogP contribution in [0, 0.1) is 0 Å². The molecule has 1 N–H and O–H groups in total. The maximum atomic E-state index is 11.5. The highest BCUT2D eigenvalue weighted by atomic mass is 32.8. The third-order valence-corrected chi connectivity index (χ3v) is 3.32. The highest BCUT2D eigenvalue weighted by Gasteiger charge is 2.32. The second-order valence-corrected chi connectivity index (χ2v) is 5.13. The molecule has 0 radical (unpaired) electrons. The summed E-state index contributed by atoms with van der Waals surface area (Å²) in [6, 6.07) is 0. The van der Waals surface area contributed by atoms with Crippen LogP contribution in [0.4, 0.5) is 13.2 Å². The molecule has 3 nitrogen and oxygen atoms in total. The molecule has 11 heavy (non-hydrogen) atoms. The fraction of sp³-hybridized carbons (Fsp3) is 1.00. The molecule has 8 heteroatoms. The monoisotopic (exact) mass is 208 g/mol. The van der Waals surface area contributed by atoms with E-state index in [0.29, 0.717) is 0 Å². The molecule has 0 aliphatic rings. The minimum atomic E-state index is -4.71. The number of alkyl halides is 3. The van der Waals surface area contributed by atoms with Crippen molar-refractivity contribution in [2.24, 2.45) is 0 Å². The molecule has 68 valence electrons. The van der Waals surface area contributed by atoms with Gasteiger partial charge in [0.15, 0.2) is 8.86 Å². The summed E-state index contributed by atoms with van der Waals surface area (Å²) in [5, 5.41) is 0. The Bertz CT molecular complexity index is 219. The first-order valence-corrected chi connectivity index (χ1v) is 4.87. The number of rotatable bonds is 2. The third kappa shape index (κ3) is 4.51. The number of halogens is 3. The summed E-state index contributed by atoms with van der Waals surface area (Å²) >= 11 is 4.14. The zero-order valence-corrected chi connectivity index (χ0v) is 7.44. The van der Waals surface area contributed by atoms with Crippen molar-refractivity contribution in [1.82, 2.24) is 9.03 Å². The average Bonchev–Trinajstić information content (AvgIpc) is 1.56. The third-order valence-electron chi connectivity index (χ3n) is 0.725. The molecule has 0 heterocycles. The second kappa shape index (κ2) is 3.21. The molecule has 0 aliphatic heterocycles. The van der Waals surface area contributed by atoms with Crippen molar-refractivity contribution >= 4 is 20.1 Å².